The lowest BCUT2D eigenvalue weighted by Gasteiger charge is -2.36. The zero-order valence-corrected chi connectivity index (χ0v) is 15.3. The molecule has 0 spiro atoms. The summed E-state index contributed by atoms with van der Waals surface area (Å²) in [5.41, 5.74) is 5.44. The molecule has 1 fully saturated rings. The summed E-state index contributed by atoms with van der Waals surface area (Å²) >= 11 is 1.45. The number of amides is 1. The van der Waals surface area contributed by atoms with Crippen LogP contribution in [0.25, 0.3) is 0 Å². The van der Waals surface area contributed by atoms with Crippen LogP contribution in [-0.2, 0) is 9.59 Å². The summed E-state index contributed by atoms with van der Waals surface area (Å²) < 4.78 is 0. The minimum Gasteiger partial charge on any atom is -0.481 e. The van der Waals surface area contributed by atoms with Crippen LogP contribution in [0.5, 0.6) is 0 Å². The first-order valence-electron chi connectivity index (χ1n) is 8.23. The van der Waals surface area contributed by atoms with E-state index in [1.807, 2.05) is 6.82 Å². The molecule has 0 saturated heterocycles. The molecule has 0 unspecified atom stereocenters. The lowest BCUT2D eigenvalue weighted by Crippen LogP contribution is -2.56. The Hall–Kier alpha value is -1.46. The number of hydrogen-bond donors (Lipinski definition) is 7. The minimum atomic E-state index is -1.04. The molecule has 0 bridgehead atoms. The smallest absolute Gasteiger partial charge is 0.307 e. The summed E-state index contributed by atoms with van der Waals surface area (Å²) in [5, 5.41) is 41.7. The summed E-state index contributed by atoms with van der Waals surface area (Å²) in [4.78, 5) is 23.3. The van der Waals surface area contributed by atoms with Crippen LogP contribution in [0.3, 0.4) is 0 Å². The third kappa shape index (κ3) is 5.79. The number of aliphatic hydroxyl groups is 2. The van der Waals surface area contributed by atoms with Gasteiger partial charge in [-0.15, -0.1) is 0 Å². The molecule has 1 aliphatic carbocycles. The number of aliphatic carboxylic acids is 1. The molecule has 9 nitrogen and oxygen atoms in total. The Bertz CT molecular complexity index is 498. The normalized spacial score (nSPS) is 28.0. The van der Waals surface area contributed by atoms with E-state index in [2.05, 4.69) is 10.6 Å². The Kier molecular flexibility index (Phi) is 8.53. The predicted molar refractivity (Wildman–Crippen MR) is 97.8 cm³/mol. The van der Waals surface area contributed by atoms with E-state index >= 15 is 0 Å². The molecule has 25 heavy (non-hydrogen) atoms. The van der Waals surface area contributed by atoms with Crippen LogP contribution in [0.2, 0.25) is 6.82 Å². The van der Waals surface area contributed by atoms with Crippen LogP contribution in [0.15, 0.2) is 0 Å². The van der Waals surface area contributed by atoms with Crippen LogP contribution < -0.4 is 16.4 Å². The van der Waals surface area contributed by atoms with Gasteiger partial charge in [0.1, 0.15) is 0 Å². The van der Waals surface area contributed by atoms with Gasteiger partial charge < -0.3 is 31.7 Å². The predicted octanol–water partition coefficient (Wildman–Crippen LogP) is -1.69. The van der Waals surface area contributed by atoms with E-state index in [0.717, 1.165) is 0 Å². The first-order valence-corrected chi connectivity index (χ1v) is 9.28. The fourth-order valence-electron chi connectivity index (χ4n) is 3.53. The molecule has 0 aromatic rings. The highest BCUT2D eigenvalue weighted by atomic mass is 32.2. The number of carboxylic acids is 1. The van der Waals surface area contributed by atoms with Crippen LogP contribution in [0.4, 0.5) is 0 Å². The van der Waals surface area contributed by atoms with Crippen molar-refractivity contribution in [1.29, 1.82) is 5.41 Å². The number of guanidine groups is 1. The van der Waals surface area contributed by atoms with E-state index in [1.54, 1.807) is 0 Å². The zero-order chi connectivity index (χ0) is 19.1. The van der Waals surface area contributed by atoms with Crippen molar-refractivity contribution in [3.8, 4) is 0 Å². The SMILES string of the molecule is CBS[C@H]1[C@@H]([C@H](NC(C)=O)[C@@H](O)CCO)[C@H](NC(=N)N)C[C@@H]1C(=O)O. The highest BCUT2D eigenvalue weighted by Gasteiger charge is 2.51. The second-order valence-electron chi connectivity index (χ2n) is 6.15. The molecule has 1 aliphatic rings. The number of carboxylic acid groups (broad SMARTS) is 1. The van der Waals surface area contributed by atoms with Gasteiger partial charge in [-0.05, 0) is 12.8 Å². The van der Waals surface area contributed by atoms with Gasteiger partial charge in [0.15, 0.2) is 12.5 Å². The van der Waals surface area contributed by atoms with Gasteiger partial charge in [-0.25, -0.2) is 11.6 Å². The van der Waals surface area contributed by atoms with Gasteiger partial charge in [0, 0.05) is 30.7 Å². The van der Waals surface area contributed by atoms with Gasteiger partial charge in [0.05, 0.1) is 18.1 Å². The number of nitrogens with two attached hydrogens (primary N) is 1. The molecular weight excluding hydrogens is 347 g/mol. The van der Waals surface area contributed by atoms with E-state index in [9.17, 15) is 19.8 Å². The van der Waals surface area contributed by atoms with Crippen molar-refractivity contribution in [2.45, 2.75) is 50.0 Å². The number of hydrogen-bond acceptors (Lipinski definition) is 6. The quantitative estimate of drug-likeness (QED) is 0.142. The maximum Gasteiger partial charge on any atom is 0.307 e. The average molecular weight is 374 g/mol. The van der Waals surface area contributed by atoms with Gasteiger partial charge in [-0.1, -0.05) is 6.82 Å². The second-order valence-corrected chi connectivity index (χ2v) is 7.60. The highest BCUT2D eigenvalue weighted by Crippen LogP contribution is 2.42. The maximum absolute atomic E-state index is 11.7. The lowest BCUT2D eigenvalue weighted by molar-refractivity contribution is -0.141. The van der Waals surface area contributed by atoms with E-state index in [1.165, 1.54) is 18.5 Å². The first kappa shape index (κ1) is 21.6. The van der Waals surface area contributed by atoms with Crippen LogP contribution in [0.1, 0.15) is 19.8 Å². The minimum absolute atomic E-state index is 0.0511. The van der Waals surface area contributed by atoms with Crippen molar-refractivity contribution in [2.24, 2.45) is 17.6 Å². The molecular formula is C14H27BN4O5S. The summed E-state index contributed by atoms with van der Waals surface area (Å²) in [6.45, 7) is 3.63. The molecule has 0 radical (unpaired) electrons. The molecule has 6 atom stereocenters. The van der Waals surface area contributed by atoms with Crippen molar-refractivity contribution in [1.82, 2.24) is 10.6 Å². The molecule has 1 rings (SSSR count). The fourth-order valence-corrected chi connectivity index (χ4v) is 4.95. The summed E-state index contributed by atoms with van der Waals surface area (Å²) in [6.07, 6.45) is -0.753. The Labute approximate surface area is 151 Å². The van der Waals surface area contributed by atoms with Crippen molar-refractivity contribution < 1.29 is 24.9 Å². The molecule has 0 aliphatic heterocycles. The largest absolute Gasteiger partial charge is 0.481 e. The van der Waals surface area contributed by atoms with Crippen molar-refractivity contribution in [3.63, 3.8) is 0 Å². The molecule has 0 aromatic heterocycles. The average Bonchev–Trinajstić information content (AvgIpc) is 2.83. The Morgan fingerprint density at radius 1 is 1.48 bits per heavy atom. The topological polar surface area (TPSA) is 169 Å². The third-order valence-corrected chi connectivity index (χ3v) is 5.75. The lowest BCUT2D eigenvalue weighted by atomic mass is 9.88. The summed E-state index contributed by atoms with van der Waals surface area (Å²) in [7, 11) is 0. The molecule has 142 valence electrons. The van der Waals surface area contributed by atoms with Gasteiger partial charge in [0.25, 0.3) is 0 Å². The Morgan fingerprint density at radius 2 is 2.12 bits per heavy atom. The van der Waals surface area contributed by atoms with E-state index in [4.69, 9.17) is 16.2 Å². The number of rotatable bonds is 9. The monoisotopic (exact) mass is 374 g/mol. The second kappa shape index (κ2) is 9.88. The number of nitrogens with one attached hydrogen (secondary N) is 3. The van der Waals surface area contributed by atoms with E-state index in [-0.39, 0.29) is 36.6 Å². The molecule has 1 saturated carbocycles. The number of aliphatic hydroxyl groups excluding tert-OH is 2. The van der Waals surface area contributed by atoms with Gasteiger partial charge in [-0.2, -0.15) is 0 Å². The standard InChI is InChI=1S/C14H27BN4O5S/c1-6(21)18-11(9(22)3-4-20)10-8(19-14(16)17)5-7(13(23)24)12(10)25-15-2/h7-12,15,20,22H,3-5H2,1-2H3,(H,18,21)(H,23,24)(H4,16,17,19)/t7-,8+,9-,10+,11+,12+/m0/s1. The van der Waals surface area contributed by atoms with E-state index < -0.39 is 36.0 Å². The van der Waals surface area contributed by atoms with Crippen LogP contribution in [0, 0.1) is 17.2 Å². The third-order valence-electron chi connectivity index (χ3n) is 4.39. The van der Waals surface area contributed by atoms with Gasteiger partial charge >= 0.3 is 5.97 Å². The van der Waals surface area contributed by atoms with Crippen LogP contribution >= 0.6 is 11.6 Å². The molecule has 1 amide bonds. The van der Waals surface area contributed by atoms with Gasteiger partial charge in [-0.3, -0.25) is 15.0 Å². The van der Waals surface area contributed by atoms with Crippen molar-refractivity contribution in [2.75, 3.05) is 6.61 Å². The highest BCUT2D eigenvalue weighted by molar-refractivity contribution is 8.22. The number of carbonyl (C=O) groups excluding carboxylic acids is 1. The summed E-state index contributed by atoms with van der Waals surface area (Å²) in [5.74, 6) is -2.76. The molecule has 8 N–H and O–H groups in total. The van der Waals surface area contributed by atoms with Crippen LogP contribution in [-0.4, -0.2) is 69.8 Å². The molecule has 0 heterocycles. The van der Waals surface area contributed by atoms with E-state index in [0.29, 0.717) is 6.56 Å². The maximum atomic E-state index is 11.7. The summed E-state index contributed by atoms with van der Waals surface area (Å²) in [6, 6.07) is -1.23. The number of carbonyl (C=O) groups is 2. The first-order chi connectivity index (χ1) is 11.7. The fraction of sp³-hybridized carbons (Fsp3) is 0.786. The Morgan fingerprint density at radius 3 is 2.56 bits per heavy atom. The molecule has 0 aromatic carbocycles. The van der Waals surface area contributed by atoms with Crippen molar-refractivity contribution in [3.05, 3.63) is 0 Å². The van der Waals surface area contributed by atoms with Gasteiger partial charge in [0.2, 0.25) is 5.91 Å². The van der Waals surface area contributed by atoms with Crippen molar-refractivity contribution >= 4 is 36.0 Å². The Balaban J connectivity index is 3.25. The zero-order valence-electron chi connectivity index (χ0n) is 14.4. The molecule has 11 heteroatoms.